The third-order valence-corrected chi connectivity index (χ3v) is 5.38. The van der Waals surface area contributed by atoms with Crippen molar-refractivity contribution in [2.24, 2.45) is 0 Å². The molecule has 2 aromatic carbocycles. The van der Waals surface area contributed by atoms with Crippen LogP contribution in [0.15, 0.2) is 48.5 Å². The molecule has 22 heavy (non-hydrogen) atoms. The summed E-state index contributed by atoms with van der Waals surface area (Å²) in [5.41, 5.74) is 6.42. The molecule has 0 fully saturated rings. The molecule has 0 saturated heterocycles. The number of hydrogen-bond acceptors (Lipinski definition) is 3. The van der Waals surface area contributed by atoms with E-state index in [1.54, 1.807) is 0 Å². The highest BCUT2D eigenvalue weighted by Gasteiger charge is 2.17. The molecule has 2 heterocycles. The topological polar surface area (TPSA) is 24.9 Å². The van der Waals surface area contributed by atoms with Crippen molar-refractivity contribution in [2.75, 3.05) is 6.54 Å². The molecular formula is C19H18N2S. The van der Waals surface area contributed by atoms with Crippen LogP contribution in [0.25, 0.3) is 21.7 Å². The molecule has 2 nitrogen and oxygen atoms in total. The molecule has 4 rings (SSSR count). The molecular weight excluding hydrogens is 288 g/mol. The second kappa shape index (κ2) is 5.67. The lowest BCUT2D eigenvalue weighted by molar-refractivity contribution is 0.644. The van der Waals surface area contributed by atoms with Gasteiger partial charge in [0.05, 0.1) is 5.69 Å². The quantitative estimate of drug-likeness (QED) is 0.757. The van der Waals surface area contributed by atoms with Crippen LogP contribution in [0.5, 0.6) is 0 Å². The molecule has 0 bridgehead atoms. The molecule has 1 N–H and O–H groups in total. The molecule has 1 aromatic heterocycles. The van der Waals surface area contributed by atoms with E-state index in [4.69, 9.17) is 4.98 Å². The summed E-state index contributed by atoms with van der Waals surface area (Å²) in [5, 5.41) is 4.58. The van der Waals surface area contributed by atoms with Gasteiger partial charge in [0.2, 0.25) is 0 Å². The molecule has 0 atom stereocenters. The lowest BCUT2D eigenvalue weighted by atomic mass is 9.97. The van der Waals surface area contributed by atoms with E-state index in [2.05, 4.69) is 60.8 Å². The van der Waals surface area contributed by atoms with Gasteiger partial charge in [-0.25, -0.2) is 4.98 Å². The van der Waals surface area contributed by atoms with E-state index in [1.807, 2.05) is 11.3 Å². The van der Waals surface area contributed by atoms with Crippen LogP contribution >= 0.6 is 11.3 Å². The second-order valence-electron chi connectivity index (χ2n) is 5.66. The first-order chi connectivity index (χ1) is 10.8. The number of aromatic nitrogens is 1. The lowest BCUT2D eigenvalue weighted by Gasteiger charge is -2.09. The highest BCUT2D eigenvalue weighted by Crippen LogP contribution is 2.35. The van der Waals surface area contributed by atoms with E-state index in [0.717, 1.165) is 24.5 Å². The van der Waals surface area contributed by atoms with Crippen molar-refractivity contribution in [3.05, 3.63) is 64.7 Å². The molecule has 3 heteroatoms. The van der Waals surface area contributed by atoms with Gasteiger partial charge < -0.3 is 5.32 Å². The maximum absolute atomic E-state index is 4.90. The summed E-state index contributed by atoms with van der Waals surface area (Å²) in [6.45, 7) is 4.21. The Labute approximate surface area is 134 Å². The summed E-state index contributed by atoms with van der Waals surface area (Å²) < 4.78 is 0. The number of thiazole rings is 1. The zero-order valence-electron chi connectivity index (χ0n) is 12.6. The largest absolute Gasteiger partial charge is 0.311 e. The Hall–Kier alpha value is -1.97. The fraction of sp³-hybridized carbons (Fsp3) is 0.211. The minimum atomic E-state index is 0.963. The van der Waals surface area contributed by atoms with Gasteiger partial charge in [-0.3, -0.25) is 0 Å². The molecule has 0 radical (unpaired) electrons. The van der Waals surface area contributed by atoms with Crippen LogP contribution in [0, 0.1) is 6.92 Å². The standard InChI is InChI=1S/C19H18N2S/c1-13-15(14-6-3-2-4-7-14)8-5-9-16(13)19-21-17-10-11-20-12-18(17)22-19/h2-9,20H,10-12H2,1H3. The molecule has 0 spiro atoms. The minimum absolute atomic E-state index is 0.963. The van der Waals surface area contributed by atoms with E-state index < -0.39 is 0 Å². The van der Waals surface area contributed by atoms with Crippen LogP contribution in [0.3, 0.4) is 0 Å². The molecule has 0 amide bonds. The van der Waals surface area contributed by atoms with E-state index in [-0.39, 0.29) is 0 Å². The minimum Gasteiger partial charge on any atom is -0.311 e. The van der Waals surface area contributed by atoms with Gasteiger partial charge in [-0.2, -0.15) is 0 Å². The number of nitrogens with zero attached hydrogens (tertiary/aromatic N) is 1. The van der Waals surface area contributed by atoms with Crippen LogP contribution < -0.4 is 5.32 Å². The lowest BCUT2D eigenvalue weighted by Crippen LogP contribution is -2.22. The van der Waals surface area contributed by atoms with Crippen molar-refractivity contribution < 1.29 is 0 Å². The fourth-order valence-electron chi connectivity index (χ4n) is 3.04. The van der Waals surface area contributed by atoms with Crippen molar-refractivity contribution >= 4 is 11.3 Å². The SMILES string of the molecule is Cc1c(-c2ccccc2)cccc1-c1nc2c(s1)CNCC2. The van der Waals surface area contributed by atoms with Crippen molar-refractivity contribution in [3.8, 4) is 21.7 Å². The number of benzene rings is 2. The van der Waals surface area contributed by atoms with Gasteiger partial charge in [-0.15, -0.1) is 11.3 Å². The fourth-order valence-corrected chi connectivity index (χ4v) is 4.20. The summed E-state index contributed by atoms with van der Waals surface area (Å²) in [4.78, 5) is 6.29. The van der Waals surface area contributed by atoms with E-state index in [1.165, 1.54) is 32.8 Å². The Bertz CT molecular complexity index is 782. The summed E-state index contributed by atoms with van der Waals surface area (Å²) >= 11 is 1.83. The van der Waals surface area contributed by atoms with Gasteiger partial charge in [0.15, 0.2) is 0 Å². The molecule has 1 aliphatic rings. The van der Waals surface area contributed by atoms with Crippen molar-refractivity contribution in [1.82, 2.24) is 10.3 Å². The summed E-state index contributed by atoms with van der Waals surface area (Å²) in [6, 6.07) is 17.1. The van der Waals surface area contributed by atoms with Gasteiger partial charge in [0.1, 0.15) is 5.01 Å². The van der Waals surface area contributed by atoms with Crippen LogP contribution in [-0.2, 0) is 13.0 Å². The third kappa shape index (κ3) is 2.36. The van der Waals surface area contributed by atoms with Crippen molar-refractivity contribution in [3.63, 3.8) is 0 Å². The molecule has 1 aliphatic heterocycles. The molecule has 3 aromatic rings. The third-order valence-electron chi connectivity index (χ3n) is 4.25. The van der Waals surface area contributed by atoms with Crippen LogP contribution in [0.1, 0.15) is 16.1 Å². The van der Waals surface area contributed by atoms with Crippen molar-refractivity contribution in [1.29, 1.82) is 0 Å². The summed E-state index contributed by atoms with van der Waals surface area (Å²) in [5.74, 6) is 0. The van der Waals surface area contributed by atoms with Gasteiger partial charge >= 0.3 is 0 Å². The number of fused-ring (bicyclic) bond motifs is 1. The van der Waals surface area contributed by atoms with Gasteiger partial charge in [-0.05, 0) is 23.6 Å². The van der Waals surface area contributed by atoms with Gasteiger partial charge in [-0.1, -0.05) is 48.5 Å². The molecule has 0 aliphatic carbocycles. The van der Waals surface area contributed by atoms with Crippen LogP contribution in [0.2, 0.25) is 0 Å². The number of rotatable bonds is 2. The van der Waals surface area contributed by atoms with Crippen molar-refractivity contribution in [2.45, 2.75) is 19.9 Å². The monoisotopic (exact) mass is 306 g/mol. The van der Waals surface area contributed by atoms with Gasteiger partial charge in [0.25, 0.3) is 0 Å². The highest BCUT2D eigenvalue weighted by atomic mass is 32.1. The maximum atomic E-state index is 4.90. The molecule has 0 saturated carbocycles. The second-order valence-corrected chi connectivity index (χ2v) is 6.74. The van der Waals surface area contributed by atoms with E-state index in [0.29, 0.717) is 0 Å². The average molecular weight is 306 g/mol. The highest BCUT2D eigenvalue weighted by molar-refractivity contribution is 7.15. The predicted molar refractivity (Wildman–Crippen MR) is 93.1 cm³/mol. The van der Waals surface area contributed by atoms with Gasteiger partial charge in [0, 0.05) is 30.0 Å². The zero-order chi connectivity index (χ0) is 14.9. The van der Waals surface area contributed by atoms with Crippen LogP contribution in [0.4, 0.5) is 0 Å². The first kappa shape index (κ1) is 13.7. The number of hydrogen-bond donors (Lipinski definition) is 1. The first-order valence-corrected chi connectivity index (χ1v) is 8.49. The summed E-state index contributed by atoms with van der Waals surface area (Å²) in [7, 11) is 0. The number of nitrogens with one attached hydrogen (secondary N) is 1. The smallest absolute Gasteiger partial charge is 0.124 e. The summed E-state index contributed by atoms with van der Waals surface area (Å²) in [6.07, 6.45) is 1.04. The Balaban J connectivity index is 1.81. The Morgan fingerprint density at radius 2 is 1.82 bits per heavy atom. The Morgan fingerprint density at radius 1 is 1.00 bits per heavy atom. The molecule has 0 unspecified atom stereocenters. The Morgan fingerprint density at radius 3 is 2.64 bits per heavy atom. The van der Waals surface area contributed by atoms with Crippen LogP contribution in [-0.4, -0.2) is 11.5 Å². The van der Waals surface area contributed by atoms with E-state index >= 15 is 0 Å². The average Bonchev–Trinajstić information content (AvgIpc) is 2.99. The predicted octanol–water partition coefficient (Wildman–Crippen LogP) is 4.43. The zero-order valence-corrected chi connectivity index (χ0v) is 13.4. The first-order valence-electron chi connectivity index (χ1n) is 7.67. The molecule has 110 valence electrons. The normalized spacial score (nSPS) is 13.9. The van der Waals surface area contributed by atoms with E-state index in [9.17, 15) is 0 Å². The maximum Gasteiger partial charge on any atom is 0.124 e. The Kier molecular flexibility index (Phi) is 3.53.